The highest BCUT2D eigenvalue weighted by molar-refractivity contribution is 5.30. The molecule has 2 rings (SSSR count). The van der Waals surface area contributed by atoms with Crippen LogP contribution in [0.2, 0.25) is 0 Å². The van der Waals surface area contributed by atoms with Crippen molar-refractivity contribution >= 4 is 0 Å². The van der Waals surface area contributed by atoms with E-state index in [0.29, 0.717) is 6.04 Å². The second-order valence-electron chi connectivity index (χ2n) is 4.03. The average Bonchev–Trinajstić information content (AvgIpc) is 2.53. The second kappa shape index (κ2) is 3.71. The van der Waals surface area contributed by atoms with Crippen molar-refractivity contribution in [2.75, 3.05) is 20.1 Å². The number of likely N-dealkylation sites (N-methyl/N-ethyl adjacent to an activating group) is 1. The molecule has 14 heavy (non-hydrogen) atoms. The minimum absolute atomic E-state index is 0.461. The highest BCUT2D eigenvalue weighted by Gasteiger charge is 2.27. The van der Waals surface area contributed by atoms with Crippen molar-refractivity contribution in [2.24, 2.45) is 5.73 Å². The highest BCUT2D eigenvalue weighted by Crippen LogP contribution is 2.31. The molecule has 2 heterocycles. The molecule has 1 atom stereocenters. The molecule has 78 valence electrons. The van der Waals surface area contributed by atoms with E-state index in [2.05, 4.69) is 29.1 Å². The van der Waals surface area contributed by atoms with Gasteiger partial charge in [0.2, 0.25) is 0 Å². The van der Waals surface area contributed by atoms with Gasteiger partial charge in [0, 0.05) is 30.3 Å². The number of nitrogens with one attached hydrogen (secondary N) is 1. The standard InChI is InChI=1S/C10H18N4/c1-7-10-8(13-12-7)4-6-14(2)9(10)3-5-11/h9H,3-6,11H2,1-2H3,(H,12,13). The summed E-state index contributed by atoms with van der Waals surface area (Å²) in [7, 11) is 2.16. The van der Waals surface area contributed by atoms with Crippen molar-refractivity contribution in [1.29, 1.82) is 0 Å². The van der Waals surface area contributed by atoms with Crippen molar-refractivity contribution < 1.29 is 0 Å². The zero-order valence-corrected chi connectivity index (χ0v) is 8.88. The summed E-state index contributed by atoms with van der Waals surface area (Å²) in [6.45, 7) is 3.91. The molecule has 0 bridgehead atoms. The molecule has 0 saturated heterocycles. The molecule has 0 fully saturated rings. The summed E-state index contributed by atoms with van der Waals surface area (Å²) < 4.78 is 0. The first-order valence-electron chi connectivity index (χ1n) is 5.18. The summed E-state index contributed by atoms with van der Waals surface area (Å²) in [6, 6.07) is 0.461. The normalized spacial score (nSPS) is 22.4. The Labute approximate surface area is 84.5 Å². The first-order chi connectivity index (χ1) is 6.74. The van der Waals surface area contributed by atoms with E-state index in [1.165, 1.54) is 17.0 Å². The van der Waals surface area contributed by atoms with Gasteiger partial charge < -0.3 is 5.73 Å². The van der Waals surface area contributed by atoms with Crippen LogP contribution in [0.15, 0.2) is 0 Å². The lowest BCUT2D eigenvalue weighted by Gasteiger charge is -2.32. The van der Waals surface area contributed by atoms with Crippen molar-refractivity contribution in [3.63, 3.8) is 0 Å². The number of aromatic amines is 1. The molecule has 1 unspecified atom stereocenters. The Hall–Kier alpha value is -0.870. The van der Waals surface area contributed by atoms with Gasteiger partial charge in [0.25, 0.3) is 0 Å². The van der Waals surface area contributed by atoms with Crippen LogP contribution in [0.1, 0.15) is 29.4 Å². The number of H-pyrrole nitrogens is 1. The lowest BCUT2D eigenvalue weighted by Crippen LogP contribution is -2.33. The van der Waals surface area contributed by atoms with Crippen molar-refractivity contribution in [1.82, 2.24) is 15.1 Å². The van der Waals surface area contributed by atoms with E-state index < -0.39 is 0 Å². The number of aromatic nitrogens is 2. The Bertz CT molecular complexity index is 318. The van der Waals surface area contributed by atoms with E-state index in [1.54, 1.807) is 0 Å². The molecule has 0 aromatic carbocycles. The summed E-state index contributed by atoms with van der Waals surface area (Å²) in [4.78, 5) is 2.37. The highest BCUT2D eigenvalue weighted by atomic mass is 15.2. The zero-order chi connectivity index (χ0) is 10.1. The Morgan fingerprint density at radius 1 is 1.64 bits per heavy atom. The molecule has 1 aromatic rings. The third-order valence-corrected chi connectivity index (χ3v) is 3.08. The van der Waals surface area contributed by atoms with Crippen LogP contribution in [0, 0.1) is 6.92 Å². The summed E-state index contributed by atoms with van der Waals surface area (Å²) in [6.07, 6.45) is 2.07. The summed E-state index contributed by atoms with van der Waals surface area (Å²) in [5, 5.41) is 7.40. The number of fused-ring (bicyclic) bond motifs is 1. The van der Waals surface area contributed by atoms with E-state index in [1.807, 2.05) is 0 Å². The van der Waals surface area contributed by atoms with Gasteiger partial charge in [0.1, 0.15) is 0 Å². The first kappa shape index (κ1) is 9.68. The van der Waals surface area contributed by atoms with Crippen LogP contribution in [0.4, 0.5) is 0 Å². The minimum Gasteiger partial charge on any atom is -0.330 e. The van der Waals surface area contributed by atoms with E-state index >= 15 is 0 Å². The lowest BCUT2D eigenvalue weighted by molar-refractivity contribution is 0.220. The molecule has 0 aliphatic carbocycles. The third-order valence-electron chi connectivity index (χ3n) is 3.08. The van der Waals surface area contributed by atoms with Crippen LogP contribution in [0.5, 0.6) is 0 Å². The number of rotatable bonds is 2. The van der Waals surface area contributed by atoms with Gasteiger partial charge in [-0.1, -0.05) is 0 Å². The number of aryl methyl sites for hydroxylation is 1. The van der Waals surface area contributed by atoms with Gasteiger partial charge in [-0.05, 0) is 26.9 Å². The molecule has 1 aromatic heterocycles. The van der Waals surface area contributed by atoms with Crippen molar-refractivity contribution in [3.05, 3.63) is 17.0 Å². The molecule has 0 amide bonds. The number of nitrogens with zero attached hydrogens (tertiary/aromatic N) is 2. The zero-order valence-electron chi connectivity index (χ0n) is 8.88. The number of nitrogens with two attached hydrogens (primary N) is 1. The minimum atomic E-state index is 0.461. The first-order valence-corrected chi connectivity index (χ1v) is 5.18. The van der Waals surface area contributed by atoms with Gasteiger partial charge in [-0.3, -0.25) is 10.00 Å². The van der Waals surface area contributed by atoms with Gasteiger partial charge in [-0.2, -0.15) is 5.10 Å². The smallest absolute Gasteiger partial charge is 0.0685 e. The summed E-state index contributed by atoms with van der Waals surface area (Å²) in [5.41, 5.74) is 9.45. The van der Waals surface area contributed by atoms with E-state index in [4.69, 9.17) is 5.73 Å². The fourth-order valence-electron chi connectivity index (χ4n) is 2.30. The molecule has 1 aliphatic rings. The van der Waals surface area contributed by atoms with E-state index in [0.717, 1.165) is 25.9 Å². The Kier molecular flexibility index (Phi) is 2.56. The quantitative estimate of drug-likeness (QED) is 0.724. The monoisotopic (exact) mass is 194 g/mol. The van der Waals surface area contributed by atoms with Crippen molar-refractivity contribution in [3.8, 4) is 0 Å². The van der Waals surface area contributed by atoms with Crippen LogP contribution in [-0.2, 0) is 6.42 Å². The largest absolute Gasteiger partial charge is 0.330 e. The predicted molar refractivity (Wildman–Crippen MR) is 56.1 cm³/mol. The Morgan fingerprint density at radius 3 is 3.14 bits per heavy atom. The van der Waals surface area contributed by atoms with Crippen molar-refractivity contribution in [2.45, 2.75) is 25.8 Å². The number of hydrogen-bond acceptors (Lipinski definition) is 3. The topological polar surface area (TPSA) is 57.9 Å². The Balaban J connectivity index is 2.34. The second-order valence-corrected chi connectivity index (χ2v) is 4.03. The van der Waals surface area contributed by atoms with Gasteiger partial charge in [-0.25, -0.2) is 0 Å². The number of hydrogen-bond donors (Lipinski definition) is 2. The van der Waals surface area contributed by atoms with E-state index in [-0.39, 0.29) is 0 Å². The molecular weight excluding hydrogens is 176 g/mol. The molecule has 3 N–H and O–H groups in total. The SMILES string of the molecule is Cc1[nH]nc2c1C(CCN)N(C)CC2. The maximum absolute atomic E-state index is 5.64. The van der Waals surface area contributed by atoms with Gasteiger partial charge in [-0.15, -0.1) is 0 Å². The van der Waals surface area contributed by atoms with Gasteiger partial charge in [0.05, 0.1) is 5.69 Å². The third kappa shape index (κ3) is 1.44. The van der Waals surface area contributed by atoms with Crippen LogP contribution in [0.25, 0.3) is 0 Å². The van der Waals surface area contributed by atoms with Gasteiger partial charge >= 0.3 is 0 Å². The van der Waals surface area contributed by atoms with E-state index in [9.17, 15) is 0 Å². The predicted octanol–water partition coefficient (Wildman–Crippen LogP) is 0.596. The maximum atomic E-state index is 5.64. The molecular formula is C10H18N4. The molecule has 0 spiro atoms. The maximum Gasteiger partial charge on any atom is 0.0685 e. The molecule has 0 saturated carbocycles. The summed E-state index contributed by atoms with van der Waals surface area (Å²) >= 11 is 0. The Morgan fingerprint density at radius 2 is 2.43 bits per heavy atom. The van der Waals surface area contributed by atoms with Crippen LogP contribution < -0.4 is 5.73 Å². The lowest BCUT2D eigenvalue weighted by atomic mass is 9.95. The van der Waals surface area contributed by atoms with Crippen LogP contribution in [0.3, 0.4) is 0 Å². The molecule has 4 nitrogen and oxygen atoms in total. The molecule has 4 heteroatoms. The van der Waals surface area contributed by atoms with Crippen LogP contribution in [-0.4, -0.2) is 35.2 Å². The fraction of sp³-hybridized carbons (Fsp3) is 0.700. The van der Waals surface area contributed by atoms with Gasteiger partial charge in [0.15, 0.2) is 0 Å². The molecule has 1 aliphatic heterocycles. The van der Waals surface area contributed by atoms with Crippen LogP contribution >= 0.6 is 0 Å². The average molecular weight is 194 g/mol. The summed E-state index contributed by atoms with van der Waals surface area (Å²) in [5.74, 6) is 0. The fourth-order valence-corrected chi connectivity index (χ4v) is 2.30. The molecule has 0 radical (unpaired) electrons.